The van der Waals surface area contributed by atoms with Gasteiger partial charge in [0.15, 0.2) is 0 Å². The summed E-state index contributed by atoms with van der Waals surface area (Å²) in [6, 6.07) is 1.61. The highest BCUT2D eigenvalue weighted by atomic mass is 79.9. The highest BCUT2D eigenvalue weighted by Crippen LogP contribution is 2.40. The topological polar surface area (TPSA) is 0 Å². The molecule has 0 spiro atoms. The van der Waals surface area contributed by atoms with Crippen LogP contribution < -0.4 is 0 Å². The molecule has 1 aromatic carbocycles. The van der Waals surface area contributed by atoms with Crippen LogP contribution >= 0.6 is 15.9 Å². The lowest BCUT2D eigenvalue weighted by Gasteiger charge is -2.17. The van der Waals surface area contributed by atoms with Gasteiger partial charge in [-0.1, -0.05) is 22.0 Å². The minimum absolute atomic E-state index is 0.132. The first-order chi connectivity index (χ1) is 7.53. The Hall–Kier alpha value is -0.720. The van der Waals surface area contributed by atoms with Gasteiger partial charge in [-0.05, 0) is 24.6 Å². The maximum atomic E-state index is 12.6. The van der Waals surface area contributed by atoms with E-state index in [9.17, 15) is 26.3 Å². The van der Waals surface area contributed by atoms with Crippen LogP contribution in [0.25, 0.3) is 0 Å². The van der Waals surface area contributed by atoms with E-state index in [4.69, 9.17) is 0 Å². The Bertz CT molecular complexity index is 404. The van der Waals surface area contributed by atoms with E-state index in [0.29, 0.717) is 6.07 Å². The summed E-state index contributed by atoms with van der Waals surface area (Å²) in [7, 11) is 0. The molecule has 0 aromatic heterocycles. The average molecular weight is 321 g/mol. The number of benzene rings is 1. The predicted molar refractivity (Wildman–Crippen MR) is 53.8 cm³/mol. The van der Waals surface area contributed by atoms with Crippen LogP contribution in [0.5, 0.6) is 0 Å². The van der Waals surface area contributed by atoms with E-state index >= 15 is 0 Å². The summed E-state index contributed by atoms with van der Waals surface area (Å²) in [6.45, 7) is 1.41. The summed E-state index contributed by atoms with van der Waals surface area (Å²) in [5.41, 5.74) is -2.79. The van der Waals surface area contributed by atoms with Crippen molar-refractivity contribution in [2.75, 3.05) is 0 Å². The summed E-state index contributed by atoms with van der Waals surface area (Å²) in [4.78, 5) is -0.679. The lowest BCUT2D eigenvalue weighted by molar-refractivity contribution is -0.143. The first-order valence-corrected chi connectivity index (χ1v) is 5.37. The molecule has 96 valence electrons. The van der Waals surface area contributed by atoms with Crippen LogP contribution in [0.3, 0.4) is 0 Å². The van der Waals surface area contributed by atoms with Crippen molar-refractivity contribution in [2.24, 2.45) is 0 Å². The number of alkyl halides is 7. The summed E-state index contributed by atoms with van der Waals surface area (Å²) in [6.07, 6.45) is -9.59. The van der Waals surface area contributed by atoms with E-state index in [1.807, 2.05) is 0 Å². The first kappa shape index (κ1) is 14.3. The quantitative estimate of drug-likeness (QED) is 0.494. The van der Waals surface area contributed by atoms with Crippen molar-refractivity contribution in [3.8, 4) is 0 Å². The van der Waals surface area contributed by atoms with Crippen LogP contribution in [0.4, 0.5) is 26.3 Å². The predicted octanol–water partition coefficient (Wildman–Crippen LogP) is 5.18. The number of hydrogen-bond acceptors (Lipinski definition) is 0. The third-order valence-corrected chi connectivity index (χ3v) is 2.61. The van der Waals surface area contributed by atoms with Gasteiger partial charge in [0.25, 0.3) is 0 Å². The minimum Gasteiger partial charge on any atom is -0.166 e. The molecule has 0 N–H and O–H groups in total. The highest BCUT2D eigenvalue weighted by Gasteiger charge is 2.38. The van der Waals surface area contributed by atoms with Gasteiger partial charge in [-0.25, -0.2) is 0 Å². The Morgan fingerprint density at radius 1 is 1.00 bits per heavy atom. The number of hydrogen-bond donors (Lipinski definition) is 0. The zero-order chi connectivity index (χ0) is 13.4. The third kappa shape index (κ3) is 3.37. The normalized spacial score (nSPS) is 14.8. The minimum atomic E-state index is -4.81. The van der Waals surface area contributed by atoms with Crippen molar-refractivity contribution in [3.05, 3.63) is 34.9 Å². The van der Waals surface area contributed by atoms with Crippen LogP contribution in [0.2, 0.25) is 0 Å². The molecular weight excluding hydrogens is 314 g/mol. The second-order valence-electron chi connectivity index (χ2n) is 3.41. The highest BCUT2D eigenvalue weighted by molar-refractivity contribution is 9.09. The lowest BCUT2D eigenvalue weighted by Crippen LogP contribution is -2.13. The fourth-order valence-corrected chi connectivity index (χ4v) is 1.72. The molecule has 0 aliphatic rings. The number of halogens is 7. The van der Waals surface area contributed by atoms with Gasteiger partial charge in [-0.2, -0.15) is 26.3 Å². The van der Waals surface area contributed by atoms with Crippen LogP contribution in [0.1, 0.15) is 28.4 Å². The van der Waals surface area contributed by atoms with E-state index in [0.717, 1.165) is 6.07 Å². The van der Waals surface area contributed by atoms with Crippen molar-refractivity contribution < 1.29 is 26.3 Å². The van der Waals surface area contributed by atoms with E-state index in [1.54, 1.807) is 0 Å². The van der Waals surface area contributed by atoms with Crippen LogP contribution in [-0.4, -0.2) is 0 Å². The molecule has 1 aromatic rings. The molecule has 0 radical (unpaired) electrons. The summed E-state index contributed by atoms with van der Waals surface area (Å²) in [5.74, 6) is 0. The molecular formula is C10H7BrF6. The molecule has 0 saturated carbocycles. The van der Waals surface area contributed by atoms with Gasteiger partial charge in [0.05, 0.1) is 11.1 Å². The molecule has 0 heterocycles. The average Bonchev–Trinajstić information content (AvgIpc) is 2.14. The molecule has 17 heavy (non-hydrogen) atoms. The van der Waals surface area contributed by atoms with Gasteiger partial charge in [0.2, 0.25) is 0 Å². The van der Waals surface area contributed by atoms with Crippen LogP contribution in [-0.2, 0) is 12.4 Å². The molecule has 0 nitrogen and oxygen atoms in total. The van der Waals surface area contributed by atoms with E-state index in [2.05, 4.69) is 15.9 Å². The molecule has 1 unspecified atom stereocenters. The zero-order valence-electron chi connectivity index (χ0n) is 8.46. The Morgan fingerprint density at radius 3 is 1.88 bits per heavy atom. The molecule has 0 aliphatic heterocycles. The van der Waals surface area contributed by atoms with E-state index in [-0.39, 0.29) is 11.6 Å². The fraction of sp³-hybridized carbons (Fsp3) is 0.400. The van der Waals surface area contributed by atoms with Crippen LogP contribution in [0, 0.1) is 0 Å². The van der Waals surface area contributed by atoms with Crippen molar-refractivity contribution in [3.63, 3.8) is 0 Å². The molecule has 1 atom stereocenters. The van der Waals surface area contributed by atoms with Gasteiger partial charge >= 0.3 is 12.4 Å². The zero-order valence-corrected chi connectivity index (χ0v) is 10.0. The lowest BCUT2D eigenvalue weighted by atomic mass is 10.0. The van der Waals surface area contributed by atoms with Gasteiger partial charge in [0, 0.05) is 4.83 Å². The second-order valence-corrected chi connectivity index (χ2v) is 4.79. The van der Waals surface area contributed by atoms with Gasteiger partial charge in [0.1, 0.15) is 0 Å². The smallest absolute Gasteiger partial charge is 0.166 e. The summed E-state index contributed by atoms with van der Waals surface area (Å²) in [5, 5.41) is 0. The molecule has 0 fully saturated rings. The van der Waals surface area contributed by atoms with Crippen molar-refractivity contribution in [1.29, 1.82) is 0 Å². The SMILES string of the molecule is CC(Br)c1ccc(C(F)(F)F)cc1C(F)(F)F. The molecule has 0 aliphatic carbocycles. The Balaban J connectivity index is 3.41. The Morgan fingerprint density at radius 2 is 1.53 bits per heavy atom. The summed E-state index contributed by atoms with van der Waals surface area (Å²) < 4.78 is 74.7. The molecule has 0 saturated heterocycles. The third-order valence-electron chi connectivity index (χ3n) is 2.11. The van der Waals surface area contributed by atoms with Crippen LogP contribution in [0.15, 0.2) is 18.2 Å². The van der Waals surface area contributed by atoms with E-state index in [1.165, 1.54) is 6.92 Å². The largest absolute Gasteiger partial charge is 0.416 e. The van der Waals surface area contributed by atoms with Crippen molar-refractivity contribution >= 4 is 15.9 Å². The second kappa shape index (κ2) is 4.51. The van der Waals surface area contributed by atoms with Gasteiger partial charge < -0.3 is 0 Å². The fourth-order valence-electron chi connectivity index (χ4n) is 1.32. The molecule has 0 bridgehead atoms. The van der Waals surface area contributed by atoms with Gasteiger partial charge in [-0.3, -0.25) is 0 Å². The molecule has 1 rings (SSSR count). The first-order valence-electron chi connectivity index (χ1n) is 4.46. The van der Waals surface area contributed by atoms with Crippen molar-refractivity contribution in [2.45, 2.75) is 24.1 Å². The van der Waals surface area contributed by atoms with Crippen molar-refractivity contribution in [1.82, 2.24) is 0 Å². The Labute approximate surface area is 102 Å². The maximum Gasteiger partial charge on any atom is 0.416 e. The monoisotopic (exact) mass is 320 g/mol. The maximum absolute atomic E-state index is 12.6. The standard InChI is InChI=1S/C10H7BrF6/c1-5(11)7-3-2-6(9(12,13)14)4-8(7)10(15,16)17/h2-5H,1H3. The van der Waals surface area contributed by atoms with E-state index < -0.39 is 28.3 Å². The molecule has 0 amide bonds. The number of rotatable bonds is 1. The molecule has 7 heteroatoms. The van der Waals surface area contributed by atoms with Gasteiger partial charge in [-0.15, -0.1) is 0 Å². The Kier molecular flexibility index (Phi) is 3.81. The summed E-state index contributed by atoms with van der Waals surface area (Å²) >= 11 is 2.92.